The Bertz CT molecular complexity index is 346. The zero-order valence-electron chi connectivity index (χ0n) is 10.9. The molecular weight excluding hydrogens is 210 g/mol. The molecule has 3 heteroatoms. The van der Waals surface area contributed by atoms with E-state index in [9.17, 15) is 0 Å². The first-order valence-corrected chi connectivity index (χ1v) is 6.45. The van der Waals surface area contributed by atoms with Crippen LogP contribution in [0, 0.1) is 5.41 Å². The van der Waals surface area contributed by atoms with Gasteiger partial charge in [0.15, 0.2) is 0 Å². The number of pyridine rings is 1. The Hall–Kier alpha value is -0.930. The largest absolute Gasteiger partial charge is 0.326 e. The van der Waals surface area contributed by atoms with Crippen molar-refractivity contribution in [1.82, 2.24) is 9.88 Å². The van der Waals surface area contributed by atoms with Crippen molar-refractivity contribution in [2.75, 3.05) is 13.1 Å². The number of aromatic nitrogens is 1. The second-order valence-corrected chi connectivity index (χ2v) is 5.80. The van der Waals surface area contributed by atoms with E-state index in [2.05, 4.69) is 35.9 Å². The molecule has 0 spiro atoms. The summed E-state index contributed by atoms with van der Waals surface area (Å²) in [6.45, 7) is 8.64. The van der Waals surface area contributed by atoms with E-state index in [1.807, 2.05) is 6.20 Å². The van der Waals surface area contributed by atoms with Crippen LogP contribution in [0.3, 0.4) is 0 Å². The third-order valence-corrected chi connectivity index (χ3v) is 3.72. The van der Waals surface area contributed by atoms with Gasteiger partial charge in [0.05, 0.1) is 5.69 Å². The van der Waals surface area contributed by atoms with Crippen LogP contribution in [-0.2, 0) is 13.1 Å². The molecule has 1 saturated heterocycles. The van der Waals surface area contributed by atoms with E-state index < -0.39 is 0 Å². The lowest BCUT2D eigenvalue weighted by Gasteiger charge is -2.36. The molecule has 0 aliphatic carbocycles. The number of nitrogens with two attached hydrogens (primary N) is 1. The van der Waals surface area contributed by atoms with Gasteiger partial charge in [-0.05, 0) is 43.0 Å². The monoisotopic (exact) mass is 233 g/mol. The first-order valence-electron chi connectivity index (χ1n) is 6.45. The lowest BCUT2D eigenvalue weighted by atomic mass is 9.83. The van der Waals surface area contributed by atoms with Crippen LogP contribution in [-0.4, -0.2) is 23.0 Å². The van der Waals surface area contributed by atoms with E-state index in [0.717, 1.165) is 17.8 Å². The van der Waals surface area contributed by atoms with E-state index in [1.165, 1.54) is 25.9 Å². The maximum Gasteiger partial charge on any atom is 0.0544 e. The first-order chi connectivity index (χ1) is 8.09. The minimum absolute atomic E-state index is 0.521. The third kappa shape index (κ3) is 3.51. The minimum Gasteiger partial charge on any atom is -0.326 e. The third-order valence-electron chi connectivity index (χ3n) is 3.72. The molecule has 17 heavy (non-hydrogen) atoms. The van der Waals surface area contributed by atoms with Gasteiger partial charge in [0, 0.05) is 19.3 Å². The Morgan fingerprint density at radius 1 is 1.29 bits per heavy atom. The zero-order valence-corrected chi connectivity index (χ0v) is 10.9. The molecule has 3 nitrogen and oxygen atoms in total. The van der Waals surface area contributed by atoms with Gasteiger partial charge < -0.3 is 5.73 Å². The standard InChI is InChI=1S/C14H23N3/c1-14(2)5-7-17(8-6-14)11-13-4-3-12(9-15)10-16-13/h3-4,10H,5-9,11,15H2,1-2H3. The van der Waals surface area contributed by atoms with E-state index in [4.69, 9.17) is 5.73 Å². The van der Waals surface area contributed by atoms with Crippen molar-refractivity contribution in [3.8, 4) is 0 Å². The van der Waals surface area contributed by atoms with Gasteiger partial charge in [0.25, 0.3) is 0 Å². The molecule has 0 amide bonds. The molecular formula is C14H23N3. The van der Waals surface area contributed by atoms with Crippen LogP contribution in [0.15, 0.2) is 18.3 Å². The van der Waals surface area contributed by atoms with Gasteiger partial charge in [-0.3, -0.25) is 9.88 Å². The van der Waals surface area contributed by atoms with Gasteiger partial charge in [-0.25, -0.2) is 0 Å². The fraction of sp³-hybridized carbons (Fsp3) is 0.643. The fourth-order valence-corrected chi connectivity index (χ4v) is 2.21. The number of nitrogens with zero attached hydrogens (tertiary/aromatic N) is 2. The van der Waals surface area contributed by atoms with Gasteiger partial charge in [0.2, 0.25) is 0 Å². The van der Waals surface area contributed by atoms with Crippen molar-refractivity contribution in [1.29, 1.82) is 0 Å². The van der Waals surface area contributed by atoms with Gasteiger partial charge >= 0.3 is 0 Å². The second kappa shape index (κ2) is 5.15. The summed E-state index contributed by atoms with van der Waals surface area (Å²) in [5.41, 5.74) is 8.34. The highest BCUT2D eigenvalue weighted by Crippen LogP contribution is 2.30. The molecule has 94 valence electrons. The summed E-state index contributed by atoms with van der Waals surface area (Å²) in [6.07, 6.45) is 4.46. The maximum atomic E-state index is 5.56. The smallest absolute Gasteiger partial charge is 0.0544 e. The molecule has 1 aliphatic rings. The summed E-state index contributed by atoms with van der Waals surface area (Å²) in [7, 11) is 0. The van der Waals surface area contributed by atoms with Crippen LogP contribution in [0.2, 0.25) is 0 Å². The van der Waals surface area contributed by atoms with Gasteiger partial charge in [0.1, 0.15) is 0 Å². The second-order valence-electron chi connectivity index (χ2n) is 5.80. The number of likely N-dealkylation sites (tertiary alicyclic amines) is 1. The topological polar surface area (TPSA) is 42.1 Å². The van der Waals surface area contributed by atoms with Crippen molar-refractivity contribution in [3.05, 3.63) is 29.6 Å². The molecule has 0 unspecified atom stereocenters. The average Bonchev–Trinajstić information content (AvgIpc) is 2.33. The summed E-state index contributed by atoms with van der Waals surface area (Å²) >= 11 is 0. The molecule has 0 atom stereocenters. The van der Waals surface area contributed by atoms with Gasteiger partial charge in [-0.2, -0.15) is 0 Å². The van der Waals surface area contributed by atoms with Crippen LogP contribution in [0.4, 0.5) is 0 Å². The lowest BCUT2D eigenvalue weighted by Crippen LogP contribution is -2.36. The van der Waals surface area contributed by atoms with Crippen molar-refractivity contribution >= 4 is 0 Å². The molecule has 1 aromatic rings. The Labute approximate surface area is 104 Å². The van der Waals surface area contributed by atoms with Gasteiger partial charge in [-0.1, -0.05) is 19.9 Å². The molecule has 2 N–H and O–H groups in total. The van der Waals surface area contributed by atoms with Crippen molar-refractivity contribution < 1.29 is 0 Å². The highest BCUT2D eigenvalue weighted by Gasteiger charge is 2.25. The first kappa shape index (κ1) is 12.5. The summed E-state index contributed by atoms with van der Waals surface area (Å²) in [4.78, 5) is 6.95. The number of rotatable bonds is 3. The summed E-state index contributed by atoms with van der Waals surface area (Å²) in [6, 6.07) is 4.18. The fourth-order valence-electron chi connectivity index (χ4n) is 2.21. The minimum atomic E-state index is 0.521. The number of piperidine rings is 1. The Morgan fingerprint density at radius 3 is 2.53 bits per heavy atom. The molecule has 2 heterocycles. The molecule has 0 bridgehead atoms. The highest BCUT2D eigenvalue weighted by molar-refractivity contribution is 5.13. The molecule has 1 aliphatic heterocycles. The molecule has 0 aromatic carbocycles. The lowest BCUT2D eigenvalue weighted by molar-refractivity contribution is 0.126. The van der Waals surface area contributed by atoms with E-state index in [0.29, 0.717) is 12.0 Å². The zero-order chi connectivity index (χ0) is 12.3. The summed E-state index contributed by atoms with van der Waals surface area (Å²) in [5, 5.41) is 0. The van der Waals surface area contributed by atoms with Crippen LogP contribution in [0.5, 0.6) is 0 Å². The molecule has 2 rings (SSSR count). The number of hydrogen-bond acceptors (Lipinski definition) is 3. The molecule has 0 radical (unpaired) electrons. The maximum absolute atomic E-state index is 5.56. The molecule has 1 aromatic heterocycles. The highest BCUT2D eigenvalue weighted by atomic mass is 15.1. The van der Waals surface area contributed by atoms with E-state index >= 15 is 0 Å². The number of hydrogen-bond donors (Lipinski definition) is 1. The predicted octanol–water partition coefficient (Wildman–Crippen LogP) is 2.16. The van der Waals surface area contributed by atoms with Crippen molar-refractivity contribution in [3.63, 3.8) is 0 Å². The normalized spacial score (nSPS) is 20.4. The molecule has 0 saturated carbocycles. The predicted molar refractivity (Wildman–Crippen MR) is 70.4 cm³/mol. The quantitative estimate of drug-likeness (QED) is 0.870. The van der Waals surface area contributed by atoms with Gasteiger partial charge in [-0.15, -0.1) is 0 Å². The Kier molecular flexibility index (Phi) is 3.79. The van der Waals surface area contributed by atoms with Crippen LogP contribution < -0.4 is 5.73 Å². The van der Waals surface area contributed by atoms with E-state index in [-0.39, 0.29) is 0 Å². The van der Waals surface area contributed by atoms with Crippen molar-refractivity contribution in [2.45, 2.75) is 39.8 Å². The van der Waals surface area contributed by atoms with Crippen LogP contribution in [0.1, 0.15) is 37.9 Å². The summed E-state index contributed by atoms with van der Waals surface area (Å²) < 4.78 is 0. The van der Waals surface area contributed by atoms with Crippen LogP contribution >= 0.6 is 0 Å². The summed E-state index contributed by atoms with van der Waals surface area (Å²) in [5.74, 6) is 0. The molecule has 1 fully saturated rings. The Morgan fingerprint density at radius 2 is 2.00 bits per heavy atom. The SMILES string of the molecule is CC1(C)CCN(Cc2ccc(CN)cn2)CC1. The Balaban J connectivity index is 1.89. The van der Waals surface area contributed by atoms with Crippen molar-refractivity contribution in [2.24, 2.45) is 11.1 Å². The van der Waals surface area contributed by atoms with E-state index in [1.54, 1.807) is 0 Å². The average molecular weight is 233 g/mol. The van der Waals surface area contributed by atoms with Crippen LogP contribution in [0.25, 0.3) is 0 Å².